The summed E-state index contributed by atoms with van der Waals surface area (Å²) in [7, 11) is 0. The Hall–Kier alpha value is -1.81. The molecule has 96 valence electrons. The summed E-state index contributed by atoms with van der Waals surface area (Å²) in [6.07, 6.45) is 5.12. The molecule has 0 radical (unpaired) electrons. The van der Waals surface area contributed by atoms with Gasteiger partial charge in [0.15, 0.2) is 0 Å². The lowest BCUT2D eigenvalue weighted by molar-refractivity contribution is 0.299. The molecule has 0 aliphatic heterocycles. The van der Waals surface area contributed by atoms with Crippen LogP contribution in [0.2, 0.25) is 0 Å². The van der Waals surface area contributed by atoms with Gasteiger partial charge >= 0.3 is 0 Å². The highest BCUT2D eigenvalue weighted by molar-refractivity contribution is 5.19. The van der Waals surface area contributed by atoms with Crippen molar-refractivity contribution >= 4 is 0 Å². The van der Waals surface area contributed by atoms with E-state index in [9.17, 15) is 0 Å². The van der Waals surface area contributed by atoms with Gasteiger partial charge in [0.25, 0.3) is 0 Å². The fourth-order valence-corrected chi connectivity index (χ4v) is 1.54. The van der Waals surface area contributed by atoms with Crippen LogP contribution in [0, 0.1) is 0 Å². The number of rotatable bonds is 6. The second-order valence-corrected chi connectivity index (χ2v) is 4.38. The first-order valence-corrected chi connectivity index (χ1v) is 6.07. The number of furan rings is 1. The number of nitrogens with one attached hydrogen (secondary N) is 1. The molecule has 0 fully saturated rings. The molecule has 4 nitrogen and oxygen atoms in total. The third kappa shape index (κ3) is 3.60. The molecule has 0 aliphatic rings. The minimum Gasteiger partial charge on any atom is -0.487 e. The van der Waals surface area contributed by atoms with E-state index in [0.717, 1.165) is 23.6 Å². The van der Waals surface area contributed by atoms with E-state index >= 15 is 0 Å². The van der Waals surface area contributed by atoms with Crippen LogP contribution in [0.1, 0.15) is 25.2 Å². The van der Waals surface area contributed by atoms with Gasteiger partial charge in [-0.15, -0.1) is 0 Å². The van der Waals surface area contributed by atoms with Crippen molar-refractivity contribution in [2.45, 2.75) is 33.0 Å². The van der Waals surface area contributed by atoms with Crippen molar-refractivity contribution in [2.24, 2.45) is 0 Å². The normalized spacial score (nSPS) is 10.8. The smallest absolute Gasteiger partial charge is 0.138 e. The van der Waals surface area contributed by atoms with Gasteiger partial charge in [0.2, 0.25) is 0 Å². The van der Waals surface area contributed by atoms with Crippen LogP contribution in [0.5, 0.6) is 5.75 Å². The average molecular weight is 246 g/mol. The average Bonchev–Trinajstić information content (AvgIpc) is 2.82. The predicted molar refractivity (Wildman–Crippen MR) is 69.3 cm³/mol. The molecule has 2 aromatic rings. The van der Waals surface area contributed by atoms with Gasteiger partial charge < -0.3 is 14.5 Å². The maximum absolute atomic E-state index is 5.65. The highest BCUT2D eigenvalue weighted by atomic mass is 16.5. The lowest BCUT2D eigenvalue weighted by Gasteiger charge is -2.08. The highest BCUT2D eigenvalue weighted by Gasteiger charge is 2.07. The summed E-state index contributed by atoms with van der Waals surface area (Å²) in [6, 6.07) is 6.11. The van der Waals surface area contributed by atoms with Gasteiger partial charge in [0.1, 0.15) is 18.1 Å². The van der Waals surface area contributed by atoms with Crippen molar-refractivity contribution in [1.29, 1.82) is 0 Å². The largest absolute Gasteiger partial charge is 0.487 e. The quantitative estimate of drug-likeness (QED) is 0.851. The lowest BCUT2D eigenvalue weighted by atomic mass is 10.2. The topological polar surface area (TPSA) is 47.3 Å². The van der Waals surface area contributed by atoms with E-state index in [4.69, 9.17) is 9.15 Å². The molecule has 0 unspecified atom stereocenters. The van der Waals surface area contributed by atoms with Crippen LogP contribution in [0.25, 0.3) is 0 Å². The Bertz CT molecular complexity index is 466. The zero-order valence-corrected chi connectivity index (χ0v) is 10.7. The van der Waals surface area contributed by atoms with Crippen LogP contribution < -0.4 is 10.1 Å². The standard InChI is InChI=1S/C14H18N2O2/c1-11(2)16-9-14-12(5-7-17-14)10-18-13-4-3-6-15-8-13/h3-8,11,16H,9-10H2,1-2H3. The van der Waals surface area contributed by atoms with Crippen LogP contribution in [-0.2, 0) is 13.2 Å². The Morgan fingerprint density at radius 3 is 3.00 bits per heavy atom. The van der Waals surface area contributed by atoms with Crippen LogP contribution >= 0.6 is 0 Å². The van der Waals surface area contributed by atoms with E-state index in [1.165, 1.54) is 0 Å². The van der Waals surface area contributed by atoms with Crippen LogP contribution in [-0.4, -0.2) is 11.0 Å². The zero-order valence-electron chi connectivity index (χ0n) is 10.7. The van der Waals surface area contributed by atoms with Crippen molar-refractivity contribution < 1.29 is 9.15 Å². The molecule has 2 heterocycles. The van der Waals surface area contributed by atoms with Gasteiger partial charge in [-0.2, -0.15) is 0 Å². The van der Waals surface area contributed by atoms with Gasteiger partial charge in [-0.25, -0.2) is 0 Å². The fourth-order valence-electron chi connectivity index (χ4n) is 1.54. The van der Waals surface area contributed by atoms with Crippen molar-refractivity contribution in [2.75, 3.05) is 0 Å². The van der Waals surface area contributed by atoms with Crippen molar-refractivity contribution in [3.8, 4) is 5.75 Å². The Morgan fingerprint density at radius 1 is 1.39 bits per heavy atom. The Morgan fingerprint density at radius 2 is 2.28 bits per heavy atom. The molecular formula is C14H18N2O2. The minimum atomic E-state index is 0.433. The number of hydrogen-bond donors (Lipinski definition) is 1. The molecule has 2 aromatic heterocycles. The molecule has 0 aromatic carbocycles. The van der Waals surface area contributed by atoms with E-state index in [1.807, 2.05) is 18.2 Å². The maximum Gasteiger partial charge on any atom is 0.138 e. The summed E-state index contributed by atoms with van der Waals surface area (Å²) >= 11 is 0. The highest BCUT2D eigenvalue weighted by Crippen LogP contribution is 2.15. The van der Waals surface area contributed by atoms with Gasteiger partial charge in [-0.1, -0.05) is 13.8 Å². The summed E-state index contributed by atoms with van der Waals surface area (Å²) < 4.78 is 11.1. The predicted octanol–water partition coefficient (Wildman–Crippen LogP) is 2.75. The molecule has 0 saturated carbocycles. The van der Waals surface area contributed by atoms with E-state index in [2.05, 4.69) is 24.1 Å². The first-order chi connectivity index (χ1) is 8.75. The SMILES string of the molecule is CC(C)NCc1occc1COc1cccnc1. The van der Waals surface area contributed by atoms with Gasteiger partial charge in [-0.3, -0.25) is 4.98 Å². The molecule has 18 heavy (non-hydrogen) atoms. The first kappa shape index (κ1) is 12.6. The minimum absolute atomic E-state index is 0.433. The monoisotopic (exact) mass is 246 g/mol. The molecule has 0 bridgehead atoms. The molecule has 0 aliphatic carbocycles. The second kappa shape index (κ2) is 6.21. The van der Waals surface area contributed by atoms with Crippen molar-refractivity contribution in [1.82, 2.24) is 10.3 Å². The maximum atomic E-state index is 5.65. The molecule has 2 rings (SSSR count). The molecule has 4 heteroatoms. The third-order valence-electron chi connectivity index (χ3n) is 2.54. The summed E-state index contributed by atoms with van der Waals surface area (Å²) in [5, 5.41) is 3.32. The Labute approximate surface area is 107 Å². The molecule has 0 spiro atoms. The van der Waals surface area contributed by atoms with E-state index in [-0.39, 0.29) is 0 Å². The third-order valence-corrected chi connectivity index (χ3v) is 2.54. The van der Waals surface area contributed by atoms with E-state index in [0.29, 0.717) is 12.6 Å². The Balaban J connectivity index is 1.91. The lowest BCUT2D eigenvalue weighted by Crippen LogP contribution is -2.22. The zero-order chi connectivity index (χ0) is 12.8. The molecular weight excluding hydrogens is 228 g/mol. The molecule has 0 atom stereocenters. The molecule has 1 N–H and O–H groups in total. The second-order valence-electron chi connectivity index (χ2n) is 4.38. The summed E-state index contributed by atoms with van der Waals surface area (Å²) in [6.45, 7) is 5.43. The summed E-state index contributed by atoms with van der Waals surface area (Å²) in [5.74, 6) is 1.69. The number of ether oxygens (including phenoxy) is 1. The first-order valence-electron chi connectivity index (χ1n) is 6.07. The van der Waals surface area contributed by atoms with Gasteiger partial charge in [-0.05, 0) is 18.2 Å². The summed E-state index contributed by atoms with van der Waals surface area (Å²) in [5.41, 5.74) is 1.06. The van der Waals surface area contributed by atoms with Crippen LogP contribution in [0.3, 0.4) is 0 Å². The van der Waals surface area contributed by atoms with Crippen LogP contribution in [0.15, 0.2) is 41.3 Å². The van der Waals surface area contributed by atoms with Gasteiger partial charge in [0.05, 0.1) is 19.0 Å². The Kier molecular flexibility index (Phi) is 4.36. The number of hydrogen-bond acceptors (Lipinski definition) is 4. The van der Waals surface area contributed by atoms with Gasteiger partial charge in [0, 0.05) is 17.8 Å². The number of aromatic nitrogens is 1. The summed E-state index contributed by atoms with van der Waals surface area (Å²) in [4.78, 5) is 4.01. The molecule has 0 saturated heterocycles. The molecule has 0 amide bonds. The van der Waals surface area contributed by atoms with E-state index < -0.39 is 0 Å². The number of nitrogens with zero attached hydrogens (tertiary/aromatic N) is 1. The van der Waals surface area contributed by atoms with Crippen molar-refractivity contribution in [3.05, 3.63) is 48.2 Å². The van der Waals surface area contributed by atoms with Crippen molar-refractivity contribution in [3.63, 3.8) is 0 Å². The van der Waals surface area contributed by atoms with Crippen LogP contribution in [0.4, 0.5) is 0 Å². The number of pyridine rings is 1. The van der Waals surface area contributed by atoms with E-state index in [1.54, 1.807) is 18.7 Å². The fraction of sp³-hybridized carbons (Fsp3) is 0.357.